The molecule has 3 aliphatic heterocycles. The van der Waals surface area contributed by atoms with E-state index in [1.54, 1.807) is 35.5 Å². The monoisotopic (exact) mass is 410 g/mol. The van der Waals surface area contributed by atoms with Gasteiger partial charge in [-0.1, -0.05) is 0 Å². The third-order valence-corrected chi connectivity index (χ3v) is 6.61. The second-order valence-electron chi connectivity index (χ2n) is 8.24. The lowest BCUT2D eigenvalue weighted by atomic mass is 9.75. The van der Waals surface area contributed by atoms with Crippen molar-refractivity contribution in [2.45, 2.75) is 18.4 Å². The van der Waals surface area contributed by atoms with Crippen molar-refractivity contribution in [2.24, 2.45) is 11.8 Å². The van der Waals surface area contributed by atoms with Crippen molar-refractivity contribution >= 4 is 23.6 Å². The van der Waals surface area contributed by atoms with E-state index in [0.29, 0.717) is 44.1 Å². The zero-order valence-electron chi connectivity index (χ0n) is 16.4. The van der Waals surface area contributed by atoms with Crippen LogP contribution >= 0.6 is 0 Å². The molecule has 5 rings (SSSR count). The van der Waals surface area contributed by atoms with E-state index in [4.69, 9.17) is 0 Å². The van der Waals surface area contributed by atoms with Gasteiger partial charge in [-0.15, -0.1) is 0 Å². The number of benzene rings is 1. The summed E-state index contributed by atoms with van der Waals surface area (Å²) in [6.45, 7) is 2.46. The molecule has 0 radical (unpaired) electrons. The zero-order valence-corrected chi connectivity index (χ0v) is 16.4. The summed E-state index contributed by atoms with van der Waals surface area (Å²) in [6.07, 6.45) is 4.84. The lowest BCUT2D eigenvalue weighted by Gasteiger charge is -2.42. The minimum atomic E-state index is -0.342. The van der Waals surface area contributed by atoms with Crippen molar-refractivity contribution in [1.29, 1.82) is 0 Å². The van der Waals surface area contributed by atoms with E-state index in [1.165, 1.54) is 12.1 Å². The minimum absolute atomic E-state index is 0.0756. The van der Waals surface area contributed by atoms with Gasteiger partial charge >= 0.3 is 6.03 Å². The van der Waals surface area contributed by atoms with Gasteiger partial charge in [-0.3, -0.25) is 4.79 Å². The summed E-state index contributed by atoms with van der Waals surface area (Å²) < 4.78 is 13.1. The lowest BCUT2D eigenvalue weighted by Crippen LogP contribution is -2.56. The molecule has 2 aromatic rings. The largest absolute Gasteiger partial charge is 0.350 e. The van der Waals surface area contributed by atoms with E-state index in [1.807, 2.05) is 0 Å². The Labute approximate surface area is 173 Å². The number of hydrogen-bond donors (Lipinski definition) is 2. The Morgan fingerprint density at radius 1 is 1.13 bits per heavy atom. The molecule has 3 fully saturated rings. The van der Waals surface area contributed by atoms with E-state index in [9.17, 15) is 14.0 Å². The number of fused-ring (bicyclic) bond motifs is 2. The van der Waals surface area contributed by atoms with Crippen LogP contribution in [-0.4, -0.2) is 58.5 Å². The van der Waals surface area contributed by atoms with Gasteiger partial charge in [0.2, 0.25) is 11.9 Å². The minimum Gasteiger partial charge on any atom is -0.350 e. The van der Waals surface area contributed by atoms with Crippen molar-refractivity contribution in [3.8, 4) is 0 Å². The van der Waals surface area contributed by atoms with Crippen LogP contribution in [0.15, 0.2) is 42.7 Å². The molecule has 1 aromatic heterocycles. The summed E-state index contributed by atoms with van der Waals surface area (Å²) in [5.74, 6) is 0.504. The Bertz CT molecular complexity index is 946. The molecule has 0 bridgehead atoms. The summed E-state index contributed by atoms with van der Waals surface area (Å²) >= 11 is 0. The molecule has 3 aliphatic rings. The number of nitrogens with one attached hydrogen (secondary N) is 2. The van der Waals surface area contributed by atoms with E-state index in [-0.39, 0.29) is 35.1 Å². The number of rotatable bonds is 2. The van der Waals surface area contributed by atoms with Crippen LogP contribution in [-0.2, 0) is 4.79 Å². The first kappa shape index (κ1) is 18.8. The number of urea groups is 1. The molecule has 30 heavy (non-hydrogen) atoms. The molecule has 2 N–H and O–H groups in total. The lowest BCUT2D eigenvalue weighted by molar-refractivity contribution is -0.122. The van der Waals surface area contributed by atoms with E-state index >= 15 is 0 Å². The standard InChI is InChI=1S/C21H23FN6O2/c22-14-2-4-15(5-3-14)25-20(30)27-10-6-21(7-11-27)17-13-28(12-16(17)18(29)26-21)19-23-8-1-9-24-19/h1-5,8-9,16-17H,6-7,10-13H2,(H,25,30)(H,26,29)/t16-,17+/m1/s1. The summed E-state index contributed by atoms with van der Waals surface area (Å²) in [5, 5.41) is 6.06. The van der Waals surface area contributed by atoms with Crippen LogP contribution < -0.4 is 15.5 Å². The van der Waals surface area contributed by atoms with Crippen LogP contribution in [0.25, 0.3) is 0 Å². The van der Waals surface area contributed by atoms with Gasteiger partial charge in [0.15, 0.2) is 0 Å². The number of nitrogens with zero attached hydrogens (tertiary/aromatic N) is 4. The average molecular weight is 410 g/mol. The first-order valence-electron chi connectivity index (χ1n) is 10.2. The number of hydrogen-bond acceptors (Lipinski definition) is 5. The normalized spacial score (nSPS) is 24.6. The molecule has 9 heteroatoms. The van der Waals surface area contributed by atoms with Crippen molar-refractivity contribution < 1.29 is 14.0 Å². The molecule has 1 aromatic carbocycles. The predicted octanol–water partition coefficient (Wildman–Crippen LogP) is 1.86. The summed E-state index contributed by atoms with van der Waals surface area (Å²) in [7, 11) is 0. The molecule has 0 aliphatic carbocycles. The second kappa shape index (κ2) is 7.23. The number of likely N-dealkylation sites (tertiary alicyclic amines) is 1. The quantitative estimate of drug-likeness (QED) is 0.789. The Kier molecular flexibility index (Phi) is 4.52. The summed E-state index contributed by atoms with van der Waals surface area (Å²) in [4.78, 5) is 37.8. The Morgan fingerprint density at radius 3 is 2.53 bits per heavy atom. The highest BCUT2D eigenvalue weighted by Crippen LogP contribution is 2.44. The summed E-state index contributed by atoms with van der Waals surface area (Å²) in [6, 6.07) is 7.29. The van der Waals surface area contributed by atoms with Crippen LogP contribution in [0.5, 0.6) is 0 Å². The fourth-order valence-electron chi connectivity index (χ4n) is 5.02. The number of carbonyl (C=O) groups excluding carboxylic acids is 2. The smallest absolute Gasteiger partial charge is 0.321 e. The number of halogens is 1. The Hall–Kier alpha value is -3.23. The van der Waals surface area contributed by atoms with Crippen molar-refractivity contribution in [1.82, 2.24) is 20.2 Å². The highest BCUT2D eigenvalue weighted by atomic mass is 19.1. The molecule has 3 amide bonds. The molecule has 0 saturated carbocycles. The van der Waals surface area contributed by atoms with Gasteiger partial charge in [0.1, 0.15) is 5.82 Å². The van der Waals surface area contributed by atoms with Gasteiger partial charge in [-0.25, -0.2) is 19.2 Å². The van der Waals surface area contributed by atoms with E-state index in [0.717, 1.165) is 6.54 Å². The third kappa shape index (κ3) is 3.24. The zero-order chi connectivity index (χ0) is 20.7. The van der Waals surface area contributed by atoms with Gasteiger partial charge in [-0.2, -0.15) is 0 Å². The summed E-state index contributed by atoms with van der Waals surface area (Å²) in [5.41, 5.74) is 0.267. The molecule has 3 saturated heterocycles. The third-order valence-electron chi connectivity index (χ3n) is 6.61. The molecular weight excluding hydrogens is 387 g/mol. The molecular formula is C21H23FN6O2. The van der Waals surface area contributed by atoms with Crippen molar-refractivity contribution in [3.05, 3.63) is 48.5 Å². The maximum atomic E-state index is 13.1. The van der Waals surface area contributed by atoms with Crippen molar-refractivity contribution in [2.75, 3.05) is 36.4 Å². The maximum absolute atomic E-state index is 13.1. The first-order chi connectivity index (χ1) is 14.5. The van der Waals surface area contributed by atoms with Crippen LogP contribution in [0.4, 0.5) is 20.8 Å². The number of amides is 3. The first-order valence-corrected chi connectivity index (χ1v) is 10.2. The van der Waals surface area contributed by atoms with Gasteiger partial charge < -0.3 is 20.4 Å². The maximum Gasteiger partial charge on any atom is 0.321 e. The van der Waals surface area contributed by atoms with Gasteiger partial charge in [0, 0.05) is 55.7 Å². The Morgan fingerprint density at radius 2 is 1.83 bits per heavy atom. The van der Waals surface area contributed by atoms with Gasteiger partial charge in [-0.05, 0) is 43.2 Å². The SMILES string of the molecule is O=C1NC2(CCN(C(=O)Nc3ccc(F)cc3)CC2)[C@H]2CN(c3ncccn3)C[C@@H]12. The molecule has 2 atom stereocenters. The van der Waals surface area contributed by atoms with Gasteiger partial charge in [0.25, 0.3) is 0 Å². The highest BCUT2D eigenvalue weighted by molar-refractivity contribution is 5.89. The number of carbonyl (C=O) groups is 2. The Balaban J connectivity index is 1.24. The van der Waals surface area contributed by atoms with Gasteiger partial charge in [0.05, 0.1) is 5.92 Å². The fourth-order valence-corrected chi connectivity index (χ4v) is 5.02. The molecule has 156 valence electrons. The fraction of sp³-hybridized carbons (Fsp3) is 0.429. The van der Waals surface area contributed by atoms with Crippen LogP contribution in [0.2, 0.25) is 0 Å². The van der Waals surface area contributed by atoms with E-state index < -0.39 is 0 Å². The topological polar surface area (TPSA) is 90.5 Å². The second-order valence-corrected chi connectivity index (χ2v) is 8.24. The van der Waals surface area contributed by atoms with Crippen LogP contribution in [0.1, 0.15) is 12.8 Å². The molecule has 4 heterocycles. The van der Waals surface area contributed by atoms with Crippen LogP contribution in [0, 0.1) is 17.7 Å². The molecule has 1 spiro atoms. The van der Waals surface area contributed by atoms with Crippen LogP contribution in [0.3, 0.4) is 0 Å². The number of aromatic nitrogens is 2. The van der Waals surface area contributed by atoms with Crippen molar-refractivity contribution in [3.63, 3.8) is 0 Å². The molecule has 0 unspecified atom stereocenters. The number of piperidine rings is 1. The molecule has 8 nitrogen and oxygen atoms in total. The average Bonchev–Trinajstić information content (AvgIpc) is 3.32. The number of anilines is 2. The predicted molar refractivity (Wildman–Crippen MR) is 108 cm³/mol. The van der Waals surface area contributed by atoms with E-state index in [2.05, 4.69) is 25.5 Å². The highest BCUT2D eigenvalue weighted by Gasteiger charge is 2.57.